The number of carbonyl (C=O) groups is 1. The molecule has 1 saturated carbocycles. The quantitative estimate of drug-likeness (QED) is 0.771. The van der Waals surface area contributed by atoms with Crippen LogP contribution in [0.3, 0.4) is 0 Å². The lowest BCUT2D eigenvalue weighted by atomic mass is 9.99. The predicted molar refractivity (Wildman–Crippen MR) is 95.7 cm³/mol. The fraction of sp³-hybridized carbons (Fsp3) is 0.667. The molecule has 26 heavy (non-hydrogen) atoms. The van der Waals surface area contributed by atoms with Crippen LogP contribution >= 0.6 is 11.6 Å². The van der Waals surface area contributed by atoms with Gasteiger partial charge in [-0.05, 0) is 25.2 Å². The van der Waals surface area contributed by atoms with E-state index in [1.807, 2.05) is 9.58 Å². The first-order chi connectivity index (χ1) is 12.5. The topological polar surface area (TPSA) is 77.1 Å². The summed E-state index contributed by atoms with van der Waals surface area (Å²) in [5.74, 6) is 3.65. The molecule has 0 saturated heterocycles. The third kappa shape index (κ3) is 3.63. The number of aryl methyl sites for hydroxylation is 1. The van der Waals surface area contributed by atoms with E-state index in [4.69, 9.17) is 26.2 Å². The molecule has 7 nitrogen and oxygen atoms in total. The van der Waals surface area contributed by atoms with Crippen molar-refractivity contribution in [3.8, 4) is 0 Å². The number of carbonyl (C=O) groups excluding carboxylic acids is 1. The molecule has 0 bridgehead atoms. The summed E-state index contributed by atoms with van der Waals surface area (Å²) in [5, 5.41) is 8.67. The second-order valence-electron chi connectivity index (χ2n) is 7.67. The van der Waals surface area contributed by atoms with Gasteiger partial charge in [-0.1, -0.05) is 30.6 Å². The van der Waals surface area contributed by atoms with Gasteiger partial charge in [0, 0.05) is 31.4 Å². The molecule has 140 valence electrons. The second-order valence-corrected chi connectivity index (χ2v) is 8.06. The van der Waals surface area contributed by atoms with Crippen molar-refractivity contribution in [1.29, 1.82) is 0 Å². The van der Waals surface area contributed by atoms with Crippen LogP contribution in [0.2, 0.25) is 5.15 Å². The van der Waals surface area contributed by atoms with E-state index in [1.165, 1.54) is 12.8 Å². The largest absolute Gasteiger partial charge is 0.360 e. The molecule has 0 spiro atoms. The highest BCUT2D eigenvalue weighted by Crippen LogP contribution is 2.40. The molecule has 0 radical (unpaired) electrons. The molecule has 0 aromatic carbocycles. The Bertz CT molecular complexity index is 795. The van der Waals surface area contributed by atoms with Crippen LogP contribution in [0.4, 0.5) is 0 Å². The molecule has 1 atom stereocenters. The first-order valence-electron chi connectivity index (χ1n) is 9.36. The minimum Gasteiger partial charge on any atom is -0.360 e. The van der Waals surface area contributed by atoms with Crippen LogP contribution < -0.4 is 0 Å². The van der Waals surface area contributed by atoms with Crippen molar-refractivity contribution < 1.29 is 9.32 Å². The fourth-order valence-electron chi connectivity index (χ4n) is 3.55. The van der Waals surface area contributed by atoms with Crippen LogP contribution in [0.25, 0.3) is 0 Å². The fourth-order valence-corrected chi connectivity index (χ4v) is 3.71. The normalized spacial score (nSPS) is 19.8. The lowest BCUT2D eigenvalue weighted by Crippen LogP contribution is -2.43. The molecule has 2 aromatic heterocycles. The highest BCUT2D eigenvalue weighted by molar-refractivity contribution is 6.29. The van der Waals surface area contributed by atoms with Gasteiger partial charge in [-0.2, -0.15) is 5.10 Å². The summed E-state index contributed by atoms with van der Waals surface area (Å²) in [5.41, 5.74) is 0. The molecule has 0 unspecified atom stereocenters. The summed E-state index contributed by atoms with van der Waals surface area (Å²) in [6, 6.07) is 1.66. The summed E-state index contributed by atoms with van der Waals surface area (Å²) in [6.45, 7) is 5.74. The van der Waals surface area contributed by atoms with Crippen molar-refractivity contribution in [2.24, 2.45) is 5.92 Å². The highest BCUT2D eigenvalue weighted by Gasteiger charge is 2.36. The number of aromatic nitrogens is 4. The van der Waals surface area contributed by atoms with Gasteiger partial charge in [0.05, 0.1) is 12.6 Å². The Morgan fingerprint density at radius 1 is 1.38 bits per heavy atom. The smallest absolute Gasteiger partial charge is 0.223 e. The molecule has 1 aliphatic heterocycles. The Hall–Kier alpha value is -1.89. The highest BCUT2D eigenvalue weighted by atomic mass is 35.5. The molecule has 1 fully saturated rings. The van der Waals surface area contributed by atoms with E-state index in [9.17, 15) is 4.79 Å². The van der Waals surface area contributed by atoms with Gasteiger partial charge in [-0.3, -0.25) is 4.79 Å². The van der Waals surface area contributed by atoms with Crippen molar-refractivity contribution in [3.05, 3.63) is 28.6 Å². The molecule has 3 heterocycles. The Morgan fingerprint density at radius 3 is 2.85 bits per heavy atom. The average Bonchev–Trinajstić information content (AvgIpc) is 3.22. The van der Waals surface area contributed by atoms with E-state index in [0.717, 1.165) is 18.1 Å². The van der Waals surface area contributed by atoms with E-state index in [0.29, 0.717) is 48.7 Å². The number of amides is 1. The van der Waals surface area contributed by atoms with Crippen molar-refractivity contribution in [2.45, 2.75) is 64.5 Å². The number of halogens is 1. The zero-order valence-corrected chi connectivity index (χ0v) is 15.9. The summed E-state index contributed by atoms with van der Waals surface area (Å²) in [6.07, 6.45) is 4.14. The maximum atomic E-state index is 12.9. The van der Waals surface area contributed by atoms with Crippen LogP contribution in [0.1, 0.15) is 68.9 Å². The van der Waals surface area contributed by atoms with Crippen molar-refractivity contribution in [1.82, 2.24) is 24.8 Å². The predicted octanol–water partition coefficient (Wildman–Crippen LogP) is 3.36. The number of fused-ring (bicyclic) bond motifs is 1. The first kappa shape index (κ1) is 17.5. The van der Waals surface area contributed by atoms with Crippen LogP contribution in [-0.2, 0) is 17.8 Å². The molecule has 0 N–H and O–H groups in total. The monoisotopic (exact) mass is 377 g/mol. The number of hydrogen-bond acceptors (Lipinski definition) is 5. The van der Waals surface area contributed by atoms with E-state index in [-0.39, 0.29) is 11.9 Å². The molecule has 2 aliphatic rings. The van der Waals surface area contributed by atoms with Gasteiger partial charge in [0.2, 0.25) is 5.91 Å². The lowest BCUT2D eigenvalue weighted by molar-refractivity contribution is -0.135. The maximum Gasteiger partial charge on any atom is 0.223 e. The van der Waals surface area contributed by atoms with Crippen LogP contribution in [-0.4, -0.2) is 37.3 Å². The van der Waals surface area contributed by atoms with Gasteiger partial charge in [0.1, 0.15) is 11.6 Å². The Balaban J connectivity index is 1.50. The Kier molecular flexibility index (Phi) is 4.73. The molecule has 2 aromatic rings. The second kappa shape index (κ2) is 7.02. The zero-order valence-electron chi connectivity index (χ0n) is 15.2. The van der Waals surface area contributed by atoms with Gasteiger partial charge >= 0.3 is 0 Å². The summed E-state index contributed by atoms with van der Waals surface area (Å²) in [7, 11) is 0. The SMILES string of the molecule is CC(C)C[C@H]1c2nc(C3CC3)nn2CCN1C(=O)CCc1cc(Cl)no1. The third-order valence-corrected chi connectivity index (χ3v) is 5.19. The van der Waals surface area contributed by atoms with Gasteiger partial charge in [-0.25, -0.2) is 9.67 Å². The van der Waals surface area contributed by atoms with Gasteiger partial charge < -0.3 is 9.42 Å². The van der Waals surface area contributed by atoms with Crippen molar-refractivity contribution in [3.63, 3.8) is 0 Å². The van der Waals surface area contributed by atoms with E-state index < -0.39 is 0 Å². The molecule has 1 amide bonds. The van der Waals surface area contributed by atoms with Crippen molar-refractivity contribution in [2.75, 3.05) is 6.54 Å². The summed E-state index contributed by atoms with van der Waals surface area (Å²) >= 11 is 5.78. The molecular formula is C18H24ClN5O2. The van der Waals surface area contributed by atoms with Gasteiger partial charge in [0.25, 0.3) is 0 Å². The molecule has 8 heteroatoms. The molecular weight excluding hydrogens is 354 g/mol. The van der Waals surface area contributed by atoms with E-state index >= 15 is 0 Å². The van der Waals surface area contributed by atoms with E-state index in [1.54, 1.807) is 6.07 Å². The van der Waals surface area contributed by atoms with E-state index in [2.05, 4.69) is 19.0 Å². The minimum absolute atomic E-state index is 0.00503. The van der Waals surface area contributed by atoms with Crippen LogP contribution in [0.15, 0.2) is 10.6 Å². The van der Waals surface area contributed by atoms with Crippen LogP contribution in [0.5, 0.6) is 0 Å². The van der Waals surface area contributed by atoms with Gasteiger partial charge in [-0.15, -0.1) is 0 Å². The minimum atomic E-state index is -0.00503. The van der Waals surface area contributed by atoms with Crippen LogP contribution in [0, 0.1) is 5.92 Å². The van der Waals surface area contributed by atoms with Crippen molar-refractivity contribution >= 4 is 17.5 Å². The molecule has 1 aliphatic carbocycles. The summed E-state index contributed by atoms with van der Waals surface area (Å²) < 4.78 is 7.12. The number of rotatable bonds is 6. The molecule has 4 rings (SSSR count). The van der Waals surface area contributed by atoms with Gasteiger partial charge in [0.15, 0.2) is 11.0 Å². The Labute approximate surface area is 157 Å². The summed E-state index contributed by atoms with van der Waals surface area (Å²) in [4.78, 5) is 19.7. The first-order valence-corrected chi connectivity index (χ1v) is 9.74. The lowest BCUT2D eigenvalue weighted by Gasteiger charge is -2.36. The maximum absolute atomic E-state index is 12.9. The Morgan fingerprint density at radius 2 is 2.19 bits per heavy atom. The number of hydrogen-bond donors (Lipinski definition) is 0. The number of nitrogens with zero attached hydrogens (tertiary/aromatic N) is 5. The standard InChI is InChI=1S/C18H24ClN5O2/c1-11(2)9-14-18-20-17(12-3-4-12)21-24(18)8-7-23(14)16(25)6-5-13-10-15(19)22-26-13/h10-12,14H,3-9H2,1-2H3/t14-/m0/s1. The average molecular weight is 378 g/mol. The zero-order chi connectivity index (χ0) is 18.3. The third-order valence-electron chi connectivity index (χ3n) is 5.02.